The van der Waals surface area contributed by atoms with Crippen LogP contribution in [0.1, 0.15) is 85.9 Å². The van der Waals surface area contributed by atoms with Gasteiger partial charge in [0.05, 0.1) is 0 Å². The topological polar surface area (TPSA) is 0 Å². The number of rotatable bonds is 8. The molecule has 4 aromatic rings. The molecule has 0 saturated carbocycles. The maximum absolute atomic E-state index is 8.80. The van der Waals surface area contributed by atoms with E-state index in [1.165, 1.54) is 77.9 Å². The molecule has 2 aliphatic rings. The molecular formula is C41H47Cl2SiZr. The summed E-state index contributed by atoms with van der Waals surface area (Å²) < 4.78 is 0.234. The molecular weight excluding hydrogens is 683 g/mol. The molecule has 6 rings (SSSR count). The average Bonchev–Trinajstić information content (AvgIpc) is 3.56. The van der Waals surface area contributed by atoms with Gasteiger partial charge in [0.2, 0.25) is 0 Å². The van der Waals surface area contributed by atoms with Crippen LogP contribution in [0.4, 0.5) is 0 Å². The molecule has 0 aromatic heterocycles. The molecule has 233 valence electrons. The second-order valence-corrected chi connectivity index (χ2v) is 54.7. The van der Waals surface area contributed by atoms with Crippen LogP contribution in [-0.4, -0.2) is 5.92 Å². The van der Waals surface area contributed by atoms with E-state index in [9.17, 15) is 0 Å². The molecule has 4 heteroatoms. The van der Waals surface area contributed by atoms with Gasteiger partial charge in [-0.05, 0) is 0 Å². The zero-order chi connectivity index (χ0) is 32.3. The van der Waals surface area contributed by atoms with Crippen molar-refractivity contribution in [1.82, 2.24) is 0 Å². The first-order valence-electron chi connectivity index (χ1n) is 16.8. The van der Waals surface area contributed by atoms with Crippen molar-refractivity contribution in [3.8, 4) is 22.3 Å². The summed E-state index contributed by atoms with van der Waals surface area (Å²) in [4.78, 5) is 0. The first-order chi connectivity index (χ1) is 21.4. The molecule has 45 heavy (non-hydrogen) atoms. The van der Waals surface area contributed by atoms with Gasteiger partial charge in [0.15, 0.2) is 0 Å². The minimum absolute atomic E-state index is 0.111. The van der Waals surface area contributed by atoms with Gasteiger partial charge in [-0.3, -0.25) is 0 Å². The van der Waals surface area contributed by atoms with Crippen molar-refractivity contribution < 1.29 is 15.6 Å². The Hall–Kier alpha value is -1.96. The first kappa shape index (κ1) is 33.0. The van der Waals surface area contributed by atoms with E-state index >= 15 is 0 Å². The SMILES string of the molecule is CCC1=Cc2c(-c3ccc(C)cc3)cc(C)cc2[CH]1[Zr]([Cl])([Cl])([CH]1C(C)=Cc2c(-c3ccc(C)cc3)cc(C)cc21)[SiH](CC)CC. The van der Waals surface area contributed by atoms with E-state index in [0.29, 0.717) is 0 Å². The molecule has 0 aliphatic heterocycles. The number of allylic oxidation sites excluding steroid dienone is 2. The van der Waals surface area contributed by atoms with Crippen molar-refractivity contribution in [2.45, 2.75) is 81.2 Å². The van der Waals surface area contributed by atoms with E-state index < -0.39 is 21.5 Å². The van der Waals surface area contributed by atoms with Crippen molar-refractivity contribution in [3.05, 3.63) is 128 Å². The Morgan fingerprint density at radius 1 is 0.578 bits per heavy atom. The quantitative estimate of drug-likeness (QED) is 0.158. The third-order valence-electron chi connectivity index (χ3n) is 10.9. The Balaban J connectivity index is 1.63. The Morgan fingerprint density at radius 2 is 1.02 bits per heavy atom. The van der Waals surface area contributed by atoms with Crippen molar-refractivity contribution in [2.75, 3.05) is 0 Å². The molecule has 4 aromatic carbocycles. The number of benzene rings is 4. The van der Waals surface area contributed by atoms with Gasteiger partial charge in [0, 0.05) is 0 Å². The summed E-state index contributed by atoms with van der Waals surface area (Å²) >= 11 is -4.85. The molecule has 0 fully saturated rings. The van der Waals surface area contributed by atoms with Gasteiger partial charge in [-0.2, -0.15) is 0 Å². The van der Waals surface area contributed by atoms with Gasteiger partial charge in [-0.1, -0.05) is 0 Å². The van der Waals surface area contributed by atoms with Crippen molar-refractivity contribution in [3.63, 3.8) is 0 Å². The molecule has 0 radical (unpaired) electrons. The van der Waals surface area contributed by atoms with Crippen LogP contribution >= 0.6 is 17.0 Å². The number of fused-ring (bicyclic) bond motifs is 2. The maximum atomic E-state index is 8.80. The predicted molar refractivity (Wildman–Crippen MR) is 200 cm³/mol. The average molecular weight is 730 g/mol. The predicted octanol–water partition coefficient (Wildman–Crippen LogP) is 13.0. The Kier molecular flexibility index (Phi) is 8.97. The molecule has 0 saturated heterocycles. The molecule has 2 aliphatic carbocycles. The molecule has 2 atom stereocenters. The fourth-order valence-corrected chi connectivity index (χ4v) is 62.4. The third kappa shape index (κ3) is 5.37. The fourth-order valence-electron chi connectivity index (χ4n) is 8.82. The van der Waals surface area contributed by atoms with Crippen molar-refractivity contribution >= 4 is 35.1 Å². The van der Waals surface area contributed by atoms with Crippen LogP contribution in [0.2, 0.25) is 12.1 Å². The van der Waals surface area contributed by atoms with Gasteiger partial charge in [-0.15, -0.1) is 0 Å². The van der Waals surface area contributed by atoms with Crippen LogP contribution in [0.3, 0.4) is 0 Å². The van der Waals surface area contributed by atoms with Crippen LogP contribution in [0.25, 0.3) is 34.4 Å². The van der Waals surface area contributed by atoms with Crippen molar-refractivity contribution in [2.24, 2.45) is 0 Å². The van der Waals surface area contributed by atoms with Crippen LogP contribution in [0.5, 0.6) is 0 Å². The summed E-state index contributed by atoms with van der Waals surface area (Å²) in [6.45, 7) is 18.2. The Bertz CT molecular complexity index is 1840. The van der Waals surface area contributed by atoms with Gasteiger partial charge in [0.25, 0.3) is 0 Å². The molecule has 0 N–H and O–H groups in total. The van der Waals surface area contributed by atoms with Crippen molar-refractivity contribution in [1.29, 1.82) is 0 Å². The van der Waals surface area contributed by atoms with E-state index in [1.807, 2.05) is 0 Å². The van der Waals surface area contributed by atoms with Gasteiger partial charge < -0.3 is 0 Å². The van der Waals surface area contributed by atoms with E-state index in [1.54, 1.807) is 0 Å². The number of hydrogen-bond acceptors (Lipinski definition) is 0. The van der Waals surface area contributed by atoms with Crippen LogP contribution in [0.15, 0.2) is 83.9 Å². The minimum atomic E-state index is -4.85. The second kappa shape index (κ2) is 12.2. The fraction of sp³-hybridized carbons (Fsp3) is 0.317. The van der Waals surface area contributed by atoms with Crippen LogP contribution in [0, 0.1) is 27.7 Å². The summed E-state index contributed by atoms with van der Waals surface area (Å²) in [6.07, 6.45) is 5.91. The Labute approximate surface area is 280 Å². The van der Waals surface area contributed by atoms with Gasteiger partial charge in [-0.25, -0.2) is 0 Å². The summed E-state index contributed by atoms with van der Waals surface area (Å²) in [5.41, 5.74) is 18.6. The van der Waals surface area contributed by atoms with E-state index in [-0.39, 0.29) is 7.25 Å². The van der Waals surface area contributed by atoms with E-state index in [2.05, 4.69) is 140 Å². The summed E-state index contributed by atoms with van der Waals surface area (Å²) in [6, 6.07) is 29.8. The van der Waals surface area contributed by atoms with Gasteiger partial charge in [0.1, 0.15) is 0 Å². The molecule has 0 bridgehead atoms. The molecule has 0 spiro atoms. The summed E-state index contributed by atoms with van der Waals surface area (Å²) in [5, 5.41) is 0. The molecule has 0 amide bonds. The standard InChI is InChI=1S/C19H19.C18H17.C4H11Si.2ClH.Zr/c1-4-15-11-17-9-14(3)10-18(19(17)12-15)16-7-5-13(2)6-8-16;1-12-4-6-15(7-5-12)17-10-13(2)8-16-9-14(3)11-18(16)17;1-3-5-4-2;;;/h5-12H,4H2,1-3H3;4-11H,1-3H3;5H,3-4H2,1-2H3;2*1H;/q;;;;;+2/p-2. The Morgan fingerprint density at radius 3 is 1.47 bits per heavy atom. The van der Waals surface area contributed by atoms with Crippen LogP contribution in [-0.2, 0) is 15.6 Å². The zero-order valence-electron chi connectivity index (χ0n) is 28.2. The first-order valence-corrected chi connectivity index (χ1v) is 32.4. The monoisotopic (exact) mass is 727 g/mol. The number of aryl methyl sites for hydroxylation is 4. The molecule has 0 heterocycles. The second-order valence-electron chi connectivity index (χ2n) is 13.9. The summed E-state index contributed by atoms with van der Waals surface area (Å²) in [5.74, 6) is -1.62. The van der Waals surface area contributed by atoms with Gasteiger partial charge >= 0.3 is 283 Å². The molecule has 2 unspecified atom stereocenters. The normalized spacial score (nSPS) is 18.3. The van der Waals surface area contributed by atoms with Crippen LogP contribution < -0.4 is 0 Å². The van der Waals surface area contributed by atoms with E-state index in [0.717, 1.165) is 18.5 Å². The third-order valence-corrected chi connectivity index (χ3v) is 61.0. The summed E-state index contributed by atoms with van der Waals surface area (Å²) in [7, 11) is 17.6. The number of halogens is 2. The van der Waals surface area contributed by atoms with E-state index in [4.69, 9.17) is 17.0 Å². The number of hydrogen-bond donors (Lipinski definition) is 0. The molecule has 0 nitrogen and oxygen atoms in total. The zero-order valence-corrected chi connectivity index (χ0v) is 33.3.